The number of nitrogens with zero attached hydrogens (tertiary/aromatic N) is 1. The second-order valence-corrected chi connectivity index (χ2v) is 4.21. The third kappa shape index (κ3) is 3.55. The first-order valence-electron chi connectivity index (χ1n) is 6.24. The Hall–Kier alpha value is -2.40. The number of nitrogens with one attached hydrogen (secondary N) is 1. The Balaban J connectivity index is 2.02. The average molecular weight is 272 g/mol. The lowest BCUT2D eigenvalue weighted by molar-refractivity contribution is 0.102. The number of carbonyl (C=O) groups is 1. The number of ether oxygens (including phenoxy) is 1. The molecule has 104 valence electrons. The van der Waals surface area contributed by atoms with Gasteiger partial charge in [-0.3, -0.25) is 4.79 Å². The molecule has 5 nitrogen and oxygen atoms in total. The number of amides is 1. The highest BCUT2D eigenvalue weighted by atomic mass is 16.5. The Morgan fingerprint density at radius 2 is 2.00 bits per heavy atom. The minimum absolute atomic E-state index is 0.114. The van der Waals surface area contributed by atoms with Crippen molar-refractivity contribution in [3.05, 3.63) is 53.7 Å². The predicted molar refractivity (Wildman–Crippen MR) is 76.0 cm³/mol. The van der Waals surface area contributed by atoms with Crippen molar-refractivity contribution in [2.75, 3.05) is 19.0 Å². The van der Waals surface area contributed by atoms with Crippen LogP contribution in [0.5, 0.6) is 5.88 Å². The normalized spacial score (nSPS) is 10.1. The van der Waals surface area contributed by atoms with Crippen LogP contribution < -0.4 is 10.1 Å². The number of rotatable bonds is 5. The van der Waals surface area contributed by atoms with E-state index < -0.39 is 0 Å². The van der Waals surface area contributed by atoms with Gasteiger partial charge < -0.3 is 15.2 Å². The van der Waals surface area contributed by atoms with Crippen LogP contribution in [0.1, 0.15) is 15.9 Å². The quantitative estimate of drug-likeness (QED) is 0.871. The number of anilines is 1. The van der Waals surface area contributed by atoms with Gasteiger partial charge in [0.15, 0.2) is 0 Å². The minimum Gasteiger partial charge on any atom is -0.481 e. The second kappa shape index (κ2) is 6.68. The van der Waals surface area contributed by atoms with Crippen LogP contribution in [0.25, 0.3) is 0 Å². The number of aliphatic hydroxyl groups excluding tert-OH is 1. The first-order valence-corrected chi connectivity index (χ1v) is 6.24. The van der Waals surface area contributed by atoms with E-state index in [0.717, 1.165) is 5.56 Å². The SMILES string of the molecule is COc1ccc(C(=O)Nc2ccc(CCO)cc2)cn1. The van der Waals surface area contributed by atoms with Crippen molar-refractivity contribution in [3.63, 3.8) is 0 Å². The molecule has 20 heavy (non-hydrogen) atoms. The molecular weight excluding hydrogens is 256 g/mol. The van der Waals surface area contributed by atoms with Gasteiger partial charge in [-0.25, -0.2) is 4.98 Å². The summed E-state index contributed by atoms with van der Waals surface area (Å²) >= 11 is 0. The summed E-state index contributed by atoms with van der Waals surface area (Å²) in [5.74, 6) is 0.241. The lowest BCUT2D eigenvalue weighted by atomic mass is 10.1. The Bertz CT molecular complexity index is 565. The molecule has 0 bridgehead atoms. The Morgan fingerprint density at radius 1 is 1.25 bits per heavy atom. The number of carbonyl (C=O) groups excluding carboxylic acids is 1. The maximum absolute atomic E-state index is 12.0. The fourth-order valence-electron chi connectivity index (χ4n) is 1.72. The third-order valence-corrected chi connectivity index (χ3v) is 2.82. The van der Waals surface area contributed by atoms with Gasteiger partial charge >= 0.3 is 0 Å². The maximum Gasteiger partial charge on any atom is 0.257 e. The van der Waals surface area contributed by atoms with Crippen molar-refractivity contribution in [1.82, 2.24) is 4.98 Å². The minimum atomic E-state index is -0.227. The van der Waals surface area contributed by atoms with Gasteiger partial charge in [-0.05, 0) is 30.2 Å². The number of methoxy groups -OCH3 is 1. The highest BCUT2D eigenvalue weighted by Gasteiger charge is 2.06. The number of hydrogen-bond acceptors (Lipinski definition) is 4. The highest BCUT2D eigenvalue weighted by molar-refractivity contribution is 6.04. The lowest BCUT2D eigenvalue weighted by Gasteiger charge is -2.06. The molecule has 0 saturated carbocycles. The zero-order chi connectivity index (χ0) is 14.4. The Morgan fingerprint density at radius 3 is 2.55 bits per heavy atom. The molecule has 5 heteroatoms. The van der Waals surface area contributed by atoms with E-state index in [-0.39, 0.29) is 12.5 Å². The summed E-state index contributed by atoms with van der Waals surface area (Å²) in [6.07, 6.45) is 2.07. The molecule has 0 aliphatic carbocycles. The van der Waals surface area contributed by atoms with Crippen molar-refractivity contribution in [1.29, 1.82) is 0 Å². The van der Waals surface area contributed by atoms with Crippen LogP contribution in [0.2, 0.25) is 0 Å². The second-order valence-electron chi connectivity index (χ2n) is 4.21. The van der Waals surface area contributed by atoms with Crippen molar-refractivity contribution < 1.29 is 14.6 Å². The molecule has 2 N–H and O–H groups in total. The van der Waals surface area contributed by atoms with Crippen molar-refractivity contribution in [3.8, 4) is 5.88 Å². The van der Waals surface area contributed by atoms with Gasteiger partial charge in [0, 0.05) is 24.6 Å². The maximum atomic E-state index is 12.0. The van der Waals surface area contributed by atoms with Crippen LogP contribution in [0.3, 0.4) is 0 Å². The van der Waals surface area contributed by atoms with Crippen LogP contribution in [0.15, 0.2) is 42.6 Å². The highest BCUT2D eigenvalue weighted by Crippen LogP contribution is 2.12. The van der Waals surface area contributed by atoms with E-state index in [2.05, 4.69) is 10.3 Å². The third-order valence-electron chi connectivity index (χ3n) is 2.82. The zero-order valence-electron chi connectivity index (χ0n) is 11.2. The molecule has 0 saturated heterocycles. The van der Waals surface area contributed by atoms with Crippen molar-refractivity contribution >= 4 is 11.6 Å². The Labute approximate surface area is 117 Å². The zero-order valence-corrected chi connectivity index (χ0v) is 11.2. The van der Waals surface area contributed by atoms with Crippen LogP contribution in [-0.4, -0.2) is 29.7 Å². The first-order chi connectivity index (χ1) is 9.72. The van der Waals surface area contributed by atoms with Crippen LogP contribution in [0, 0.1) is 0 Å². The summed E-state index contributed by atoms with van der Waals surface area (Å²) in [6.45, 7) is 0.114. The molecule has 2 rings (SSSR count). The van der Waals surface area contributed by atoms with Gasteiger partial charge in [-0.2, -0.15) is 0 Å². The smallest absolute Gasteiger partial charge is 0.257 e. The number of aliphatic hydroxyl groups is 1. The monoisotopic (exact) mass is 272 g/mol. The van der Waals surface area contributed by atoms with Crippen molar-refractivity contribution in [2.24, 2.45) is 0 Å². The van der Waals surface area contributed by atoms with Crippen molar-refractivity contribution in [2.45, 2.75) is 6.42 Å². The molecule has 1 aromatic carbocycles. The van der Waals surface area contributed by atoms with E-state index in [0.29, 0.717) is 23.6 Å². The predicted octanol–water partition coefficient (Wildman–Crippen LogP) is 1.88. The standard InChI is InChI=1S/C15H16N2O3/c1-20-14-7-4-12(10-16-14)15(19)17-13-5-2-11(3-6-13)8-9-18/h2-7,10,18H,8-9H2,1H3,(H,17,19). The summed E-state index contributed by atoms with van der Waals surface area (Å²) < 4.78 is 4.94. The summed E-state index contributed by atoms with van der Waals surface area (Å²) in [5, 5.41) is 11.6. The van der Waals surface area contributed by atoms with E-state index in [4.69, 9.17) is 9.84 Å². The van der Waals surface area contributed by atoms with Gasteiger partial charge in [0.25, 0.3) is 5.91 Å². The van der Waals surface area contributed by atoms with Gasteiger partial charge in [-0.1, -0.05) is 12.1 Å². The summed E-state index contributed by atoms with van der Waals surface area (Å²) in [7, 11) is 1.52. The molecule has 0 aliphatic rings. The largest absolute Gasteiger partial charge is 0.481 e. The molecule has 0 radical (unpaired) electrons. The molecule has 1 amide bonds. The van der Waals surface area contributed by atoms with Gasteiger partial charge in [-0.15, -0.1) is 0 Å². The van der Waals surface area contributed by atoms with E-state index in [9.17, 15) is 4.79 Å². The number of hydrogen-bond donors (Lipinski definition) is 2. The fraction of sp³-hybridized carbons (Fsp3) is 0.200. The number of pyridine rings is 1. The average Bonchev–Trinajstić information content (AvgIpc) is 2.49. The van der Waals surface area contributed by atoms with Crippen LogP contribution in [-0.2, 0) is 6.42 Å². The molecule has 1 aromatic heterocycles. The topological polar surface area (TPSA) is 71.5 Å². The summed E-state index contributed by atoms with van der Waals surface area (Å²) in [6, 6.07) is 10.6. The Kier molecular flexibility index (Phi) is 4.68. The molecule has 0 aliphatic heterocycles. The molecule has 0 unspecified atom stereocenters. The van der Waals surface area contributed by atoms with E-state index >= 15 is 0 Å². The van der Waals surface area contributed by atoms with E-state index in [1.165, 1.54) is 13.3 Å². The molecular formula is C15H16N2O3. The van der Waals surface area contributed by atoms with E-state index in [1.54, 1.807) is 24.3 Å². The van der Waals surface area contributed by atoms with E-state index in [1.807, 2.05) is 12.1 Å². The number of aromatic nitrogens is 1. The summed E-state index contributed by atoms with van der Waals surface area (Å²) in [4.78, 5) is 16.0. The first kappa shape index (κ1) is 14.0. The molecule has 0 spiro atoms. The van der Waals surface area contributed by atoms with Crippen LogP contribution in [0.4, 0.5) is 5.69 Å². The molecule has 0 atom stereocenters. The van der Waals surface area contributed by atoms with Crippen LogP contribution >= 0.6 is 0 Å². The van der Waals surface area contributed by atoms with Gasteiger partial charge in [0.2, 0.25) is 5.88 Å². The lowest BCUT2D eigenvalue weighted by Crippen LogP contribution is -2.12. The van der Waals surface area contributed by atoms with Gasteiger partial charge in [0.05, 0.1) is 12.7 Å². The fourth-order valence-corrected chi connectivity index (χ4v) is 1.72. The summed E-state index contributed by atoms with van der Waals surface area (Å²) in [5.41, 5.74) is 2.19. The number of benzene rings is 1. The molecule has 0 fully saturated rings. The molecule has 2 aromatic rings. The molecule has 1 heterocycles. The van der Waals surface area contributed by atoms with Gasteiger partial charge in [0.1, 0.15) is 0 Å².